The van der Waals surface area contributed by atoms with E-state index in [2.05, 4.69) is 330 Å². The van der Waals surface area contributed by atoms with Crippen molar-refractivity contribution in [3.63, 3.8) is 0 Å². The van der Waals surface area contributed by atoms with E-state index in [4.69, 9.17) is 0 Å². The third-order valence-electron chi connectivity index (χ3n) is 19.8. The van der Waals surface area contributed by atoms with Crippen molar-refractivity contribution in [1.82, 2.24) is 0 Å². The molecule has 0 saturated carbocycles. The van der Waals surface area contributed by atoms with Gasteiger partial charge in [-0.1, -0.05) is 0 Å². The van der Waals surface area contributed by atoms with Crippen LogP contribution >= 0.6 is 0 Å². The fourth-order valence-electron chi connectivity index (χ4n) is 22.6. The van der Waals surface area contributed by atoms with E-state index in [0.717, 1.165) is 20.7 Å². The third kappa shape index (κ3) is 14.3. The van der Waals surface area contributed by atoms with E-state index < -0.39 is 137 Å². The normalized spacial score (nSPS) is 16.6. The number of benzene rings is 2. The van der Waals surface area contributed by atoms with Crippen LogP contribution in [0, 0.1) is 0 Å². The Kier molecular flexibility index (Phi) is 21.9. The first-order valence-corrected chi connectivity index (χ1v) is 92.9. The Morgan fingerprint density at radius 3 is 0.462 bits per heavy atom. The molecule has 2 aromatic carbocycles. The molecular formula is C62H138Ge2Si14. The van der Waals surface area contributed by atoms with Crippen molar-refractivity contribution in [2.24, 2.45) is 0 Å². The number of hydrogen-bond acceptors (Lipinski definition) is 0. The molecule has 1 aliphatic rings. The van der Waals surface area contributed by atoms with Crippen molar-refractivity contribution in [1.29, 1.82) is 0 Å². The van der Waals surface area contributed by atoms with E-state index in [1.165, 1.54) is 0 Å². The van der Waals surface area contributed by atoms with Crippen LogP contribution in [0.25, 0.3) is 0 Å². The molecule has 0 unspecified atom stereocenters. The molecule has 0 atom stereocenters. The summed E-state index contributed by atoms with van der Waals surface area (Å²) in [6.07, 6.45) is 0. The fraction of sp³-hybridized carbons (Fsp3) is 0.806. The first-order chi connectivity index (χ1) is 33.6. The summed E-state index contributed by atoms with van der Waals surface area (Å²) < 4.78 is 5.14. The molecule has 16 heteroatoms. The van der Waals surface area contributed by atoms with Crippen LogP contribution in [0.1, 0.15) is 54.0 Å². The average Bonchev–Trinajstić information content (AvgIpc) is 3.01. The van der Waals surface area contributed by atoms with Gasteiger partial charge >= 0.3 is 518 Å². The van der Waals surface area contributed by atoms with Crippen molar-refractivity contribution in [3.8, 4) is 0 Å². The van der Waals surface area contributed by atoms with Gasteiger partial charge in [0.2, 0.25) is 0 Å². The second kappa shape index (κ2) is 22.9. The van der Waals surface area contributed by atoms with Gasteiger partial charge in [-0.25, -0.2) is 0 Å². The summed E-state index contributed by atoms with van der Waals surface area (Å²) in [5.41, 5.74) is 12.0. The van der Waals surface area contributed by atoms with Crippen molar-refractivity contribution < 1.29 is 0 Å². The van der Waals surface area contributed by atoms with Gasteiger partial charge in [0.15, 0.2) is 0 Å². The Labute approximate surface area is 512 Å². The summed E-state index contributed by atoms with van der Waals surface area (Å²) in [5.74, 6) is 0. The van der Waals surface area contributed by atoms with E-state index >= 15 is 0 Å². The summed E-state index contributed by atoms with van der Waals surface area (Å²) >= 11 is -3.93. The van der Waals surface area contributed by atoms with E-state index in [9.17, 15) is 0 Å². The van der Waals surface area contributed by atoms with Crippen LogP contribution in [0.5, 0.6) is 0 Å². The van der Waals surface area contributed by atoms with Crippen LogP contribution in [0.15, 0.2) is 24.3 Å². The van der Waals surface area contributed by atoms with Gasteiger partial charge in [0, 0.05) is 0 Å². The third-order valence-corrected chi connectivity index (χ3v) is 130. The molecule has 3 rings (SSSR count). The summed E-state index contributed by atoms with van der Waals surface area (Å²) in [7, 11) is -24.8. The molecule has 0 nitrogen and oxygen atoms in total. The summed E-state index contributed by atoms with van der Waals surface area (Å²) in [4.78, 5) is 0. The van der Waals surface area contributed by atoms with E-state index in [-0.39, 0.29) is 0 Å². The molecule has 0 radical (unpaired) electrons. The second-order valence-electron chi connectivity index (χ2n) is 41.2. The zero-order valence-corrected chi connectivity index (χ0v) is 79.2. The van der Waals surface area contributed by atoms with Crippen LogP contribution in [0.2, 0.25) is 285 Å². The molecule has 0 aromatic heterocycles. The van der Waals surface area contributed by atoms with Gasteiger partial charge < -0.3 is 0 Å². The van der Waals surface area contributed by atoms with Crippen LogP contribution in [-0.4, -0.2) is 137 Å². The van der Waals surface area contributed by atoms with Crippen LogP contribution in [0.3, 0.4) is 0 Å². The maximum atomic E-state index is 3.21. The quantitative estimate of drug-likeness (QED) is 0.103. The predicted molar refractivity (Wildman–Crippen MR) is 414 cm³/mol. The first kappa shape index (κ1) is 74.8. The SMILES string of the molecule is C[Si](C)(C)C(c1cc(C([Si](C)(C)C)([Si](C)(C)C)[Si](C)(C)C)cc(C([Si](C)(C)C)[Si](C)(C)C)[c]1[Ge]1=[Ge]([c]2c(C([Si](C)(C)C)[Si](C)(C)C)cc(C([Si](C)(C)C)([Si](C)(C)C)[Si](C)(C)C)cc2C([Si](C)(C)C)[Si](C)(C)C)[CH2][CH2]1)[Si](C)(C)C. The van der Waals surface area contributed by atoms with E-state index in [0.29, 0.717) is 8.57 Å². The molecule has 1 heterocycles. The molecule has 1 aliphatic heterocycles. The van der Waals surface area contributed by atoms with Crippen LogP contribution < -0.4 is 8.79 Å². The Hall–Kier alpha value is 2.56. The first-order valence-electron chi connectivity index (χ1n) is 31.7. The number of rotatable bonds is 22. The molecule has 0 spiro atoms. The Balaban J connectivity index is 3.37. The summed E-state index contributed by atoms with van der Waals surface area (Å²) in [5, 5.41) is 6.28. The van der Waals surface area contributed by atoms with E-state index in [1.54, 1.807) is 10.5 Å². The van der Waals surface area contributed by atoms with E-state index in [1.807, 2.05) is 11.1 Å². The van der Waals surface area contributed by atoms with Gasteiger partial charge in [-0.15, -0.1) is 0 Å². The topological polar surface area (TPSA) is 0 Å². The molecule has 2 aromatic rings. The van der Waals surface area contributed by atoms with Gasteiger partial charge in [0.25, 0.3) is 0 Å². The summed E-state index contributed by atoms with van der Waals surface area (Å²) in [6, 6.07) is 12.8. The molecule has 0 aliphatic carbocycles. The average molecular weight is 1420 g/mol. The Morgan fingerprint density at radius 2 is 0.372 bits per heavy atom. The molecule has 0 fully saturated rings. The van der Waals surface area contributed by atoms with Crippen molar-refractivity contribution in [2.75, 3.05) is 0 Å². The molecule has 0 bridgehead atoms. The second-order valence-corrected chi connectivity index (χ2v) is 142. The van der Waals surface area contributed by atoms with Gasteiger partial charge in [-0.05, 0) is 0 Å². The summed E-state index contributed by atoms with van der Waals surface area (Å²) in [6.45, 7) is 120. The predicted octanol–water partition coefficient (Wildman–Crippen LogP) is 21.0. The molecule has 0 saturated heterocycles. The fourth-order valence-corrected chi connectivity index (χ4v) is 166. The Morgan fingerprint density at radius 1 is 0.244 bits per heavy atom. The zero-order chi connectivity index (χ0) is 62.3. The molecule has 0 N–H and O–H groups in total. The molecule has 78 heavy (non-hydrogen) atoms. The minimum absolute atomic E-state index is 0.362. The standard InChI is InChI=1S/C62H138Ge2Si14/c1-65(2,3)57(66(4,5)6)51-45-49(61(73(25,26)27,74(28,29)30)75(31,32)33)46-52(58(67(7,8)9)68(10,11)12)55(51)63-43-44-64(63)56-53(59(69(13,14)15)70(16,17)18)47-50(48-54(56)60(71(19,20)21)72(22,23)24)62(76(34,35)36,77(37,38)39)78(40,41)42/h45-48,57-60H,43-44H2,1-42H3. The molecule has 450 valence electrons. The van der Waals surface area contributed by atoms with Gasteiger partial charge in [-0.3, -0.25) is 0 Å². The van der Waals surface area contributed by atoms with Crippen molar-refractivity contribution in [2.45, 2.75) is 315 Å². The van der Waals surface area contributed by atoms with Gasteiger partial charge in [-0.2, -0.15) is 0 Å². The Bertz CT molecular complexity index is 2110. The molecular weight excluding hydrogens is 1280 g/mol. The van der Waals surface area contributed by atoms with Gasteiger partial charge in [0.05, 0.1) is 0 Å². The minimum atomic E-state index is -1.97. The van der Waals surface area contributed by atoms with Crippen LogP contribution in [0.4, 0.5) is 0 Å². The van der Waals surface area contributed by atoms with Crippen molar-refractivity contribution >= 4 is 146 Å². The zero-order valence-electron chi connectivity index (χ0n) is 61.0. The van der Waals surface area contributed by atoms with Crippen molar-refractivity contribution in [3.05, 3.63) is 57.6 Å². The number of hydrogen-bond donors (Lipinski definition) is 0. The monoisotopic (exact) mass is 1420 g/mol. The molecule has 0 amide bonds. The maximum absolute atomic E-state index is 3.21. The van der Waals surface area contributed by atoms with Gasteiger partial charge in [0.1, 0.15) is 0 Å². The van der Waals surface area contributed by atoms with Crippen LogP contribution in [-0.2, 0) is 8.57 Å².